The van der Waals surface area contributed by atoms with Gasteiger partial charge in [-0.15, -0.1) is 0 Å². The van der Waals surface area contributed by atoms with Crippen LogP contribution in [-0.4, -0.2) is 35.6 Å². The first-order chi connectivity index (χ1) is 19.2. The molecule has 40 heavy (non-hydrogen) atoms. The Labute approximate surface area is 235 Å². The number of rotatable bonds is 6. The molecule has 0 N–H and O–H groups in total. The van der Waals surface area contributed by atoms with E-state index in [2.05, 4.69) is 0 Å². The summed E-state index contributed by atoms with van der Waals surface area (Å²) in [5, 5.41) is 0.525. The zero-order valence-corrected chi connectivity index (χ0v) is 23.1. The molecule has 7 nitrogen and oxygen atoms in total. The van der Waals surface area contributed by atoms with Gasteiger partial charge in [-0.1, -0.05) is 18.0 Å². The Hall–Kier alpha value is -3.98. The highest BCUT2D eigenvalue weighted by molar-refractivity contribution is 6.30. The standard InChI is InChI=1S/C30H28ClF2N3O4/c1-18(37)35(25-12-9-20(29(38)40-3)15-27(25)39-2)30(13-5-4-6-14-30)36-26-17-23(33)22(32)16-24(26)34-28(36)19-7-10-21(31)11-8-19/h7-12,15-17H,4-6,13-14H2,1-3H3. The van der Waals surface area contributed by atoms with Crippen LogP contribution in [0.5, 0.6) is 5.75 Å². The molecule has 0 spiro atoms. The molecule has 5 rings (SSSR count). The Morgan fingerprint density at radius 2 is 1.65 bits per heavy atom. The molecular formula is C30H28ClF2N3O4. The summed E-state index contributed by atoms with van der Waals surface area (Å²) in [6.45, 7) is 1.45. The summed E-state index contributed by atoms with van der Waals surface area (Å²) in [5.74, 6) is -2.14. The number of esters is 1. The number of methoxy groups -OCH3 is 2. The number of carbonyl (C=O) groups is 2. The fourth-order valence-corrected chi connectivity index (χ4v) is 5.87. The third-order valence-corrected chi connectivity index (χ3v) is 7.69. The lowest BCUT2D eigenvalue weighted by Gasteiger charge is -2.48. The van der Waals surface area contributed by atoms with Crippen LogP contribution < -0.4 is 9.64 Å². The van der Waals surface area contributed by atoms with E-state index in [-0.39, 0.29) is 22.7 Å². The Kier molecular flexibility index (Phi) is 7.51. The second-order valence-corrected chi connectivity index (χ2v) is 10.2. The van der Waals surface area contributed by atoms with Gasteiger partial charge in [0, 0.05) is 29.6 Å². The first kappa shape index (κ1) is 27.6. The van der Waals surface area contributed by atoms with Crippen LogP contribution in [0.3, 0.4) is 0 Å². The predicted octanol–water partition coefficient (Wildman–Crippen LogP) is 7.10. The number of anilines is 1. The minimum absolute atomic E-state index is 0.255. The molecule has 3 aromatic carbocycles. The molecule has 1 heterocycles. The van der Waals surface area contributed by atoms with E-state index in [9.17, 15) is 18.4 Å². The van der Waals surface area contributed by atoms with Crippen molar-refractivity contribution in [2.24, 2.45) is 0 Å². The molecule has 1 amide bonds. The zero-order chi connectivity index (χ0) is 28.6. The highest BCUT2D eigenvalue weighted by Crippen LogP contribution is 2.47. The van der Waals surface area contributed by atoms with Crippen molar-refractivity contribution in [2.75, 3.05) is 19.1 Å². The van der Waals surface area contributed by atoms with Crippen molar-refractivity contribution >= 4 is 40.2 Å². The van der Waals surface area contributed by atoms with E-state index in [0.29, 0.717) is 40.5 Å². The molecule has 1 aliphatic carbocycles. The van der Waals surface area contributed by atoms with Crippen molar-refractivity contribution in [2.45, 2.75) is 44.7 Å². The molecule has 10 heteroatoms. The summed E-state index contributed by atoms with van der Waals surface area (Å²) in [6.07, 6.45) is 3.52. The van der Waals surface area contributed by atoms with Crippen LogP contribution in [-0.2, 0) is 15.2 Å². The van der Waals surface area contributed by atoms with Gasteiger partial charge in [0.2, 0.25) is 5.91 Å². The van der Waals surface area contributed by atoms with Crippen molar-refractivity contribution in [3.05, 3.63) is 76.8 Å². The molecule has 4 aromatic rings. The number of benzene rings is 3. The molecule has 0 aliphatic heterocycles. The van der Waals surface area contributed by atoms with Gasteiger partial charge in [-0.2, -0.15) is 0 Å². The van der Waals surface area contributed by atoms with E-state index in [4.69, 9.17) is 26.1 Å². The van der Waals surface area contributed by atoms with Crippen LogP contribution in [0.4, 0.5) is 14.5 Å². The number of aromatic nitrogens is 2. The lowest BCUT2D eigenvalue weighted by Crippen LogP contribution is -2.54. The summed E-state index contributed by atoms with van der Waals surface area (Å²) in [7, 11) is 2.74. The van der Waals surface area contributed by atoms with Gasteiger partial charge >= 0.3 is 5.97 Å². The highest BCUT2D eigenvalue weighted by Gasteiger charge is 2.46. The van der Waals surface area contributed by atoms with E-state index in [1.807, 2.05) is 4.57 Å². The molecular weight excluding hydrogens is 540 g/mol. The van der Waals surface area contributed by atoms with E-state index in [1.165, 1.54) is 27.2 Å². The number of imidazole rings is 1. The lowest BCUT2D eigenvalue weighted by molar-refractivity contribution is -0.119. The highest BCUT2D eigenvalue weighted by atomic mass is 35.5. The molecule has 0 bridgehead atoms. The number of ether oxygens (including phenoxy) is 2. The Morgan fingerprint density at radius 3 is 2.27 bits per heavy atom. The number of nitrogens with zero attached hydrogens (tertiary/aromatic N) is 3. The summed E-state index contributed by atoms with van der Waals surface area (Å²) in [6, 6.07) is 13.9. The maximum atomic E-state index is 14.8. The molecule has 1 aliphatic rings. The molecule has 0 unspecified atom stereocenters. The van der Waals surface area contributed by atoms with E-state index < -0.39 is 23.3 Å². The summed E-state index contributed by atoms with van der Waals surface area (Å²) >= 11 is 6.16. The van der Waals surface area contributed by atoms with E-state index in [0.717, 1.165) is 31.4 Å². The molecule has 1 aromatic heterocycles. The SMILES string of the molecule is COC(=O)c1ccc(N(C(C)=O)C2(n3c(-c4ccc(Cl)cc4)nc4cc(F)c(F)cc43)CCCCC2)c(OC)c1. The van der Waals surface area contributed by atoms with Crippen molar-refractivity contribution in [1.29, 1.82) is 0 Å². The van der Waals surface area contributed by atoms with Crippen LogP contribution in [0.15, 0.2) is 54.6 Å². The van der Waals surface area contributed by atoms with Gasteiger partial charge in [0.15, 0.2) is 11.6 Å². The van der Waals surface area contributed by atoms with E-state index in [1.54, 1.807) is 41.3 Å². The fraction of sp³-hybridized carbons (Fsp3) is 0.300. The van der Waals surface area contributed by atoms with Gasteiger partial charge in [-0.05, 0) is 68.1 Å². The molecule has 1 fully saturated rings. The van der Waals surface area contributed by atoms with Crippen molar-refractivity contribution in [1.82, 2.24) is 9.55 Å². The van der Waals surface area contributed by atoms with Crippen LogP contribution in [0.2, 0.25) is 5.02 Å². The third kappa shape index (κ3) is 4.68. The number of hydrogen-bond acceptors (Lipinski definition) is 5. The zero-order valence-electron chi connectivity index (χ0n) is 22.3. The Bertz CT molecular complexity index is 1600. The second-order valence-electron chi connectivity index (χ2n) is 9.81. The maximum absolute atomic E-state index is 14.8. The molecule has 0 atom stereocenters. The number of halogens is 3. The van der Waals surface area contributed by atoms with Crippen molar-refractivity contribution in [3.63, 3.8) is 0 Å². The first-order valence-corrected chi connectivity index (χ1v) is 13.3. The van der Waals surface area contributed by atoms with Gasteiger partial charge in [-0.25, -0.2) is 18.6 Å². The van der Waals surface area contributed by atoms with Crippen molar-refractivity contribution < 1.29 is 27.8 Å². The van der Waals surface area contributed by atoms with Gasteiger partial charge < -0.3 is 9.47 Å². The molecule has 0 saturated heterocycles. The minimum Gasteiger partial charge on any atom is -0.495 e. The smallest absolute Gasteiger partial charge is 0.337 e. The average molecular weight is 568 g/mol. The van der Waals surface area contributed by atoms with Crippen molar-refractivity contribution in [3.8, 4) is 17.1 Å². The van der Waals surface area contributed by atoms with Gasteiger partial charge in [0.25, 0.3) is 0 Å². The summed E-state index contributed by atoms with van der Waals surface area (Å²) in [4.78, 5) is 32.2. The minimum atomic E-state index is -1.06. The first-order valence-electron chi connectivity index (χ1n) is 12.9. The Balaban J connectivity index is 1.84. The monoisotopic (exact) mass is 567 g/mol. The number of amides is 1. The lowest BCUT2D eigenvalue weighted by atomic mass is 9.85. The maximum Gasteiger partial charge on any atom is 0.337 e. The Morgan fingerprint density at radius 1 is 0.975 bits per heavy atom. The largest absolute Gasteiger partial charge is 0.495 e. The van der Waals surface area contributed by atoms with Crippen LogP contribution in [0.25, 0.3) is 22.4 Å². The molecule has 208 valence electrons. The average Bonchev–Trinajstić information content (AvgIpc) is 3.32. The second kappa shape index (κ2) is 10.9. The predicted molar refractivity (Wildman–Crippen MR) is 149 cm³/mol. The summed E-state index contributed by atoms with van der Waals surface area (Å²) < 4.78 is 41.5. The molecule has 1 saturated carbocycles. The van der Waals surface area contributed by atoms with Gasteiger partial charge in [-0.3, -0.25) is 14.3 Å². The quantitative estimate of drug-likeness (QED) is 0.232. The number of hydrogen-bond donors (Lipinski definition) is 0. The van der Waals surface area contributed by atoms with Gasteiger partial charge in [0.1, 0.15) is 17.2 Å². The van der Waals surface area contributed by atoms with Crippen LogP contribution in [0, 0.1) is 11.6 Å². The van der Waals surface area contributed by atoms with E-state index >= 15 is 0 Å². The third-order valence-electron chi connectivity index (χ3n) is 7.44. The number of carbonyl (C=O) groups excluding carboxylic acids is 2. The van der Waals surface area contributed by atoms with Crippen LogP contribution in [0.1, 0.15) is 49.4 Å². The number of fused-ring (bicyclic) bond motifs is 1. The fourth-order valence-electron chi connectivity index (χ4n) is 5.75. The molecule has 0 radical (unpaired) electrons. The summed E-state index contributed by atoms with van der Waals surface area (Å²) in [5.41, 5.74) is 0.904. The van der Waals surface area contributed by atoms with Gasteiger partial charge in [0.05, 0.1) is 36.5 Å². The normalized spacial score (nSPS) is 14.7. The van der Waals surface area contributed by atoms with Crippen LogP contribution >= 0.6 is 11.6 Å². The topological polar surface area (TPSA) is 73.7 Å².